The molecule has 29 heavy (non-hydrogen) atoms. The molecule has 0 radical (unpaired) electrons. The molecule has 0 aliphatic carbocycles. The molecule has 0 atom stereocenters. The van der Waals surface area contributed by atoms with Crippen LogP contribution in [0.4, 0.5) is 0 Å². The first-order valence-corrected chi connectivity index (χ1v) is 10.6. The number of para-hydroxylation sites is 3. The second-order valence-electron chi connectivity index (χ2n) is 7.29. The van der Waals surface area contributed by atoms with E-state index in [0.29, 0.717) is 17.9 Å². The van der Waals surface area contributed by atoms with Crippen molar-refractivity contribution in [2.75, 3.05) is 13.7 Å². The van der Waals surface area contributed by atoms with Crippen molar-refractivity contribution in [3.05, 3.63) is 59.9 Å². The Morgan fingerprint density at radius 3 is 2.66 bits per heavy atom. The smallest absolute Gasteiger partial charge is 0.255 e. The lowest BCUT2D eigenvalue weighted by Gasteiger charge is -2.10. The number of methoxy groups -OCH3 is 1. The second kappa shape index (κ2) is 10.6. The zero-order valence-electron chi connectivity index (χ0n) is 17.5. The highest BCUT2D eigenvalue weighted by Gasteiger charge is 2.11. The van der Waals surface area contributed by atoms with Crippen LogP contribution in [0.25, 0.3) is 11.0 Å². The summed E-state index contributed by atoms with van der Waals surface area (Å²) in [6, 6.07) is 15.7. The number of carbonyl (C=O) groups excluding carboxylic acids is 1. The zero-order valence-corrected chi connectivity index (χ0v) is 17.5. The molecule has 1 amide bonds. The van der Waals surface area contributed by atoms with Crippen LogP contribution in [0.15, 0.2) is 48.5 Å². The van der Waals surface area contributed by atoms with Crippen molar-refractivity contribution in [2.24, 2.45) is 0 Å². The Balaban J connectivity index is 1.46. The van der Waals surface area contributed by atoms with Crippen LogP contribution in [0.1, 0.15) is 55.2 Å². The van der Waals surface area contributed by atoms with Crippen LogP contribution >= 0.6 is 0 Å². The number of amides is 1. The third-order valence-corrected chi connectivity index (χ3v) is 5.18. The highest BCUT2D eigenvalue weighted by atomic mass is 16.5. The van der Waals surface area contributed by atoms with Gasteiger partial charge in [-0.2, -0.15) is 0 Å². The molecule has 0 saturated carbocycles. The number of aryl methyl sites for hydroxylation is 2. The van der Waals surface area contributed by atoms with E-state index in [2.05, 4.69) is 35.0 Å². The maximum absolute atomic E-state index is 12.3. The topological polar surface area (TPSA) is 56.2 Å². The van der Waals surface area contributed by atoms with Crippen molar-refractivity contribution in [1.29, 1.82) is 0 Å². The van der Waals surface area contributed by atoms with E-state index in [1.165, 1.54) is 24.2 Å². The number of nitrogens with one attached hydrogen (secondary N) is 1. The average molecular weight is 394 g/mol. The van der Waals surface area contributed by atoms with Gasteiger partial charge in [-0.25, -0.2) is 4.98 Å². The van der Waals surface area contributed by atoms with E-state index in [0.717, 1.165) is 37.7 Å². The Kier molecular flexibility index (Phi) is 7.68. The lowest BCUT2D eigenvalue weighted by Crippen LogP contribution is -2.24. The first-order chi connectivity index (χ1) is 14.2. The van der Waals surface area contributed by atoms with E-state index in [1.54, 1.807) is 19.2 Å². The number of imidazole rings is 1. The van der Waals surface area contributed by atoms with Crippen molar-refractivity contribution in [1.82, 2.24) is 14.9 Å². The third-order valence-electron chi connectivity index (χ3n) is 5.18. The van der Waals surface area contributed by atoms with Crippen LogP contribution < -0.4 is 10.1 Å². The minimum atomic E-state index is -0.0798. The predicted molar refractivity (Wildman–Crippen MR) is 118 cm³/mol. The maximum Gasteiger partial charge on any atom is 0.255 e. The molecule has 1 aromatic heterocycles. The summed E-state index contributed by atoms with van der Waals surface area (Å²) in [6.45, 7) is 3.92. The Hall–Kier alpha value is -2.82. The monoisotopic (exact) mass is 393 g/mol. The minimum absolute atomic E-state index is 0.0798. The number of unbranched alkanes of at least 4 members (excludes halogenated alkanes) is 3. The van der Waals surface area contributed by atoms with Crippen molar-refractivity contribution >= 4 is 16.9 Å². The van der Waals surface area contributed by atoms with Crippen LogP contribution in [0, 0.1) is 0 Å². The number of hydrogen-bond acceptors (Lipinski definition) is 3. The molecule has 0 saturated heterocycles. The molecule has 154 valence electrons. The van der Waals surface area contributed by atoms with Gasteiger partial charge in [-0.1, -0.05) is 44.0 Å². The van der Waals surface area contributed by atoms with E-state index in [4.69, 9.17) is 9.72 Å². The van der Waals surface area contributed by atoms with Crippen molar-refractivity contribution in [3.63, 3.8) is 0 Å². The van der Waals surface area contributed by atoms with Gasteiger partial charge in [0.2, 0.25) is 0 Å². The maximum atomic E-state index is 12.3. The van der Waals surface area contributed by atoms with Gasteiger partial charge in [0, 0.05) is 19.5 Å². The molecule has 5 nitrogen and oxygen atoms in total. The Bertz CT molecular complexity index is 933. The summed E-state index contributed by atoms with van der Waals surface area (Å²) in [5, 5.41) is 2.99. The van der Waals surface area contributed by atoms with Crippen molar-refractivity contribution in [3.8, 4) is 5.75 Å². The van der Waals surface area contributed by atoms with Gasteiger partial charge in [-0.15, -0.1) is 0 Å². The van der Waals surface area contributed by atoms with E-state index < -0.39 is 0 Å². The SMILES string of the molecule is CCCCn1c(CCCCCNC(=O)c2ccccc2OC)nc2ccccc21. The van der Waals surface area contributed by atoms with Crippen LogP contribution in [0.5, 0.6) is 5.75 Å². The van der Waals surface area contributed by atoms with Crippen LogP contribution in [-0.2, 0) is 13.0 Å². The predicted octanol–water partition coefficient (Wildman–Crippen LogP) is 4.99. The first kappa shape index (κ1) is 20.9. The number of ether oxygens (including phenoxy) is 1. The van der Waals surface area contributed by atoms with Gasteiger partial charge in [0.05, 0.1) is 23.7 Å². The number of rotatable bonds is 11. The van der Waals surface area contributed by atoms with E-state index >= 15 is 0 Å². The van der Waals surface area contributed by atoms with Crippen LogP contribution in [-0.4, -0.2) is 29.1 Å². The highest BCUT2D eigenvalue weighted by Crippen LogP contribution is 2.19. The van der Waals surface area contributed by atoms with Crippen molar-refractivity contribution < 1.29 is 9.53 Å². The summed E-state index contributed by atoms with van der Waals surface area (Å²) < 4.78 is 7.63. The fourth-order valence-corrected chi connectivity index (χ4v) is 3.60. The molecule has 3 aromatic rings. The third kappa shape index (κ3) is 5.37. The minimum Gasteiger partial charge on any atom is -0.496 e. The van der Waals surface area contributed by atoms with Gasteiger partial charge in [0.15, 0.2) is 0 Å². The largest absolute Gasteiger partial charge is 0.496 e. The Morgan fingerprint density at radius 1 is 1.03 bits per heavy atom. The first-order valence-electron chi connectivity index (χ1n) is 10.6. The molecular weight excluding hydrogens is 362 g/mol. The molecule has 0 fully saturated rings. The van der Waals surface area contributed by atoms with Gasteiger partial charge in [-0.05, 0) is 43.5 Å². The summed E-state index contributed by atoms with van der Waals surface area (Å²) in [5.74, 6) is 1.71. The molecule has 0 spiro atoms. The summed E-state index contributed by atoms with van der Waals surface area (Å²) in [7, 11) is 1.58. The molecule has 0 unspecified atom stereocenters. The van der Waals surface area contributed by atoms with Gasteiger partial charge in [-0.3, -0.25) is 4.79 Å². The number of fused-ring (bicyclic) bond motifs is 1. The molecule has 0 aliphatic heterocycles. The van der Waals surface area contributed by atoms with Crippen LogP contribution in [0.2, 0.25) is 0 Å². The summed E-state index contributed by atoms with van der Waals surface area (Å²) in [4.78, 5) is 17.2. The number of hydrogen-bond donors (Lipinski definition) is 1. The quantitative estimate of drug-likeness (QED) is 0.467. The zero-order chi connectivity index (χ0) is 20.5. The summed E-state index contributed by atoms with van der Waals surface area (Å²) >= 11 is 0. The molecule has 0 bridgehead atoms. The molecular formula is C24H31N3O2. The van der Waals surface area contributed by atoms with E-state index in [1.807, 2.05) is 18.2 Å². The fraction of sp³-hybridized carbons (Fsp3) is 0.417. The lowest BCUT2D eigenvalue weighted by atomic mass is 10.1. The highest BCUT2D eigenvalue weighted by molar-refractivity contribution is 5.96. The number of aromatic nitrogens is 2. The lowest BCUT2D eigenvalue weighted by molar-refractivity contribution is 0.0950. The molecule has 1 heterocycles. The fourth-order valence-electron chi connectivity index (χ4n) is 3.60. The van der Waals surface area contributed by atoms with Gasteiger partial charge in [0.25, 0.3) is 5.91 Å². The van der Waals surface area contributed by atoms with E-state index in [9.17, 15) is 4.79 Å². The standard InChI is InChI=1S/C24H31N3O2/c1-3-4-18-27-21-14-9-8-13-20(21)26-23(27)16-6-5-11-17-25-24(28)19-12-7-10-15-22(19)29-2/h7-10,12-15H,3-6,11,16-18H2,1-2H3,(H,25,28). The number of benzene rings is 2. The summed E-state index contributed by atoms with van der Waals surface area (Å²) in [5.41, 5.74) is 2.90. The van der Waals surface area contributed by atoms with Crippen LogP contribution in [0.3, 0.4) is 0 Å². The molecule has 1 N–H and O–H groups in total. The molecule has 5 heteroatoms. The second-order valence-corrected chi connectivity index (χ2v) is 7.29. The average Bonchev–Trinajstić information content (AvgIpc) is 3.11. The van der Waals surface area contributed by atoms with Gasteiger partial charge < -0.3 is 14.6 Å². The number of nitrogens with zero attached hydrogens (tertiary/aromatic N) is 2. The Labute approximate surface area is 173 Å². The van der Waals surface area contributed by atoms with Crippen molar-refractivity contribution in [2.45, 2.75) is 52.0 Å². The molecule has 3 rings (SSSR count). The number of carbonyl (C=O) groups is 1. The normalized spacial score (nSPS) is 11.0. The molecule has 2 aromatic carbocycles. The Morgan fingerprint density at radius 2 is 1.83 bits per heavy atom. The van der Waals surface area contributed by atoms with E-state index in [-0.39, 0.29) is 5.91 Å². The van der Waals surface area contributed by atoms with Gasteiger partial charge in [0.1, 0.15) is 11.6 Å². The van der Waals surface area contributed by atoms with Gasteiger partial charge >= 0.3 is 0 Å². The summed E-state index contributed by atoms with van der Waals surface area (Å²) in [6.07, 6.45) is 6.40. The molecule has 0 aliphatic rings.